The third-order valence-corrected chi connectivity index (χ3v) is 9.97. The number of carbonyl (C=O) groups excluding carboxylic acids is 5. The van der Waals surface area contributed by atoms with E-state index in [0.29, 0.717) is 29.8 Å². The number of nitrogens with two attached hydrogens (primary N) is 1. The number of phenolic OH excluding ortho intramolecular Hbond substituents is 1. The molecule has 1 heterocycles. The van der Waals surface area contributed by atoms with Gasteiger partial charge in [0.05, 0.1) is 17.5 Å². The smallest absolute Gasteiger partial charge is 0.235 e. The topological polar surface area (TPSA) is 158 Å². The van der Waals surface area contributed by atoms with E-state index in [0.717, 1.165) is 31.5 Å². The molecule has 1 saturated heterocycles. The van der Waals surface area contributed by atoms with Crippen LogP contribution in [0.3, 0.4) is 0 Å². The fourth-order valence-corrected chi connectivity index (χ4v) is 8.11. The Kier molecular flexibility index (Phi) is 7.71. The minimum absolute atomic E-state index is 0.0559. The summed E-state index contributed by atoms with van der Waals surface area (Å²) in [4.78, 5) is 70.9. The lowest BCUT2D eigenvalue weighted by atomic mass is 9.52. The predicted molar refractivity (Wildman–Crippen MR) is 148 cm³/mol. The van der Waals surface area contributed by atoms with Crippen molar-refractivity contribution < 1.29 is 34.2 Å². The molecule has 0 bridgehead atoms. The highest BCUT2D eigenvalue weighted by Gasteiger charge is 2.69. The molecular formula is C29H37N3O7S. The number of likely N-dealkylation sites (N-methyl/N-ethyl adjacent to an activating group) is 1. The van der Waals surface area contributed by atoms with Gasteiger partial charge in [-0.2, -0.15) is 11.8 Å². The van der Waals surface area contributed by atoms with Gasteiger partial charge in [-0.3, -0.25) is 33.8 Å². The van der Waals surface area contributed by atoms with Crippen LogP contribution >= 0.6 is 11.8 Å². The maximum Gasteiger partial charge on any atom is 0.235 e. The van der Waals surface area contributed by atoms with E-state index < -0.39 is 64.4 Å². The monoisotopic (exact) mass is 571 g/mol. The van der Waals surface area contributed by atoms with Gasteiger partial charge >= 0.3 is 0 Å². The second kappa shape index (κ2) is 10.7. The van der Waals surface area contributed by atoms with E-state index in [-0.39, 0.29) is 17.7 Å². The molecule has 0 radical (unpaired) electrons. The number of aliphatic hydroxyl groups is 1. The van der Waals surface area contributed by atoms with E-state index in [1.54, 1.807) is 14.1 Å². The summed E-state index contributed by atoms with van der Waals surface area (Å²) in [7, 11) is 3.16. The Bertz CT molecular complexity index is 1290. The number of amides is 1. The first-order valence-corrected chi connectivity index (χ1v) is 15.2. The molecule has 1 aliphatic heterocycles. The van der Waals surface area contributed by atoms with Gasteiger partial charge in [-0.05, 0) is 82.2 Å². The standard InChI is InChI=1S/C29H37N3O7S/c1-31(2)22-18-11-14-10-17-15(12-32-7-5-4-6-8-32)9-16(13-40-3)23(33)20(17)24(34)19(14)26(36)29(18,39)27(37)21(25(22)35)28(30)38/h9,14,18-19,21-22,33,39H,4-8,10-13H2,1-3H3,(H2,30,38)/t14-,18-,19?,21?,22+,29-/m0/s1. The van der Waals surface area contributed by atoms with E-state index in [1.807, 2.05) is 12.3 Å². The molecule has 4 N–H and O–H groups in total. The van der Waals surface area contributed by atoms with Crippen molar-refractivity contribution in [1.29, 1.82) is 0 Å². The number of Topliss-reactive ketones (excluding diaryl/α,β-unsaturated/α-hetero) is 4. The molecule has 4 aliphatic rings. The van der Waals surface area contributed by atoms with Gasteiger partial charge in [0.25, 0.3) is 0 Å². The summed E-state index contributed by atoms with van der Waals surface area (Å²) in [5, 5.41) is 23.0. The number of aromatic hydroxyl groups is 1. The highest BCUT2D eigenvalue weighted by atomic mass is 32.2. The Hall–Kier alpha value is -2.60. The molecular weight excluding hydrogens is 534 g/mol. The molecule has 0 aromatic heterocycles. The van der Waals surface area contributed by atoms with Crippen LogP contribution in [0.4, 0.5) is 0 Å². The normalized spacial score (nSPS) is 32.6. The van der Waals surface area contributed by atoms with Crippen LogP contribution in [-0.2, 0) is 37.9 Å². The summed E-state index contributed by atoms with van der Waals surface area (Å²) in [5.74, 6) is -9.59. The third-order valence-electron chi connectivity index (χ3n) is 9.38. The summed E-state index contributed by atoms with van der Waals surface area (Å²) in [6, 6.07) is 0.855. The number of primary amides is 1. The van der Waals surface area contributed by atoms with Crippen LogP contribution in [0.15, 0.2) is 6.07 Å². The Morgan fingerprint density at radius 2 is 1.80 bits per heavy atom. The van der Waals surface area contributed by atoms with E-state index in [4.69, 9.17) is 5.73 Å². The SMILES string of the molecule is CSCc1cc(CN2CCCCC2)c2c(c1O)C(=O)C1C(=O)[C@]3(O)C(=O)C(C(N)=O)C(=O)[C@H](N(C)C)[C@@H]3C[C@@H]1C2. The lowest BCUT2D eigenvalue weighted by molar-refractivity contribution is -0.181. The highest BCUT2D eigenvalue weighted by molar-refractivity contribution is 7.97. The van der Waals surface area contributed by atoms with Gasteiger partial charge in [-0.1, -0.05) is 6.42 Å². The summed E-state index contributed by atoms with van der Waals surface area (Å²) in [6.07, 6.45) is 5.61. The number of nitrogens with zero attached hydrogens (tertiary/aromatic N) is 2. The molecule has 40 heavy (non-hydrogen) atoms. The van der Waals surface area contributed by atoms with E-state index in [9.17, 15) is 34.2 Å². The van der Waals surface area contributed by atoms with E-state index in [1.165, 1.54) is 23.1 Å². The van der Waals surface area contributed by atoms with Crippen LogP contribution in [0.25, 0.3) is 0 Å². The van der Waals surface area contributed by atoms with Crippen LogP contribution in [0.1, 0.15) is 52.7 Å². The Labute approximate surface area is 237 Å². The minimum atomic E-state index is -2.71. The average Bonchev–Trinajstić information content (AvgIpc) is 2.89. The fourth-order valence-electron chi connectivity index (χ4n) is 7.58. The molecule has 11 heteroatoms. The van der Waals surface area contributed by atoms with Gasteiger partial charge in [0.2, 0.25) is 5.91 Å². The molecule has 3 aliphatic carbocycles. The van der Waals surface area contributed by atoms with Gasteiger partial charge in [-0.15, -0.1) is 0 Å². The molecule has 1 amide bonds. The largest absolute Gasteiger partial charge is 0.507 e. The van der Waals surface area contributed by atoms with Crippen LogP contribution in [0.5, 0.6) is 5.75 Å². The molecule has 216 valence electrons. The van der Waals surface area contributed by atoms with Crippen molar-refractivity contribution in [2.24, 2.45) is 29.4 Å². The summed E-state index contributed by atoms with van der Waals surface area (Å²) in [6.45, 7) is 2.50. The van der Waals surface area contributed by atoms with Gasteiger partial charge in [-0.25, -0.2) is 0 Å². The molecule has 1 aromatic carbocycles. The maximum absolute atomic E-state index is 14.1. The lowest BCUT2D eigenvalue weighted by Crippen LogP contribution is -2.74. The summed E-state index contributed by atoms with van der Waals surface area (Å²) in [5.41, 5.74) is 5.01. The predicted octanol–water partition coefficient (Wildman–Crippen LogP) is 0.716. The number of benzene rings is 1. The lowest BCUT2D eigenvalue weighted by Gasteiger charge is -2.52. The first-order valence-electron chi connectivity index (χ1n) is 13.9. The van der Waals surface area contributed by atoms with Crippen LogP contribution in [0.2, 0.25) is 0 Å². The first-order chi connectivity index (χ1) is 18.9. The van der Waals surface area contributed by atoms with Crippen molar-refractivity contribution in [2.45, 2.75) is 56.0 Å². The van der Waals surface area contributed by atoms with Gasteiger partial charge in [0.15, 0.2) is 34.7 Å². The number of likely N-dealkylation sites (tertiary alicyclic amines) is 1. The van der Waals surface area contributed by atoms with Crippen LogP contribution in [-0.4, -0.2) is 94.1 Å². The number of thioether (sulfide) groups is 1. The summed E-state index contributed by atoms with van der Waals surface area (Å²) < 4.78 is 0. The average molecular weight is 572 g/mol. The number of piperidine rings is 1. The molecule has 1 aromatic rings. The minimum Gasteiger partial charge on any atom is -0.507 e. The molecule has 2 saturated carbocycles. The van der Waals surface area contributed by atoms with Crippen LogP contribution < -0.4 is 5.73 Å². The molecule has 5 rings (SSSR count). The number of fused-ring (bicyclic) bond motifs is 3. The quantitative estimate of drug-likeness (QED) is 0.415. The van der Waals surface area contributed by atoms with Crippen molar-refractivity contribution in [3.63, 3.8) is 0 Å². The van der Waals surface area contributed by atoms with Crippen molar-refractivity contribution in [2.75, 3.05) is 33.4 Å². The summed E-state index contributed by atoms with van der Waals surface area (Å²) >= 11 is 1.50. The third kappa shape index (κ3) is 4.33. The Morgan fingerprint density at radius 3 is 2.40 bits per heavy atom. The zero-order chi connectivity index (χ0) is 29.1. The Balaban J connectivity index is 1.62. The number of ketones is 4. The zero-order valence-corrected chi connectivity index (χ0v) is 24.0. The highest BCUT2D eigenvalue weighted by Crippen LogP contribution is 2.51. The number of carbonyl (C=O) groups is 5. The number of hydrogen-bond donors (Lipinski definition) is 3. The van der Waals surface area contributed by atoms with Crippen LogP contribution in [0, 0.1) is 23.7 Å². The van der Waals surface area contributed by atoms with E-state index >= 15 is 0 Å². The van der Waals surface area contributed by atoms with Gasteiger partial charge in [0, 0.05) is 23.8 Å². The van der Waals surface area contributed by atoms with Crippen molar-refractivity contribution in [3.8, 4) is 5.75 Å². The second-order valence-electron chi connectivity index (χ2n) is 12.0. The molecule has 10 nitrogen and oxygen atoms in total. The first kappa shape index (κ1) is 28.9. The maximum atomic E-state index is 14.1. The number of phenols is 1. The zero-order valence-electron chi connectivity index (χ0n) is 23.1. The second-order valence-corrected chi connectivity index (χ2v) is 12.8. The van der Waals surface area contributed by atoms with Crippen molar-refractivity contribution >= 4 is 40.8 Å². The van der Waals surface area contributed by atoms with Gasteiger partial charge < -0.3 is 15.9 Å². The Morgan fingerprint density at radius 1 is 1.12 bits per heavy atom. The number of hydrogen-bond acceptors (Lipinski definition) is 10. The number of rotatable bonds is 6. The van der Waals surface area contributed by atoms with Gasteiger partial charge in [0.1, 0.15) is 5.75 Å². The molecule has 3 fully saturated rings. The fraction of sp³-hybridized carbons (Fsp3) is 0.621. The molecule has 6 atom stereocenters. The molecule has 0 spiro atoms. The van der Waals surface area contributed by atoms with Crippen molar-refractivity contribution in [1.82, 2.24) is 9.80 Å². The van der Waals surface area contributed by atoms with E-state index in [2.05, 4.69) is 4.90 Å². The molecule has 2 unspecified atom stereocenters. The van der Waals surface area contributed by atoms with Crippen molar-refractivity contribution in [3.05, 3.63) is 28.3 Å².